The van der Waals surface area contributed by atoms with Crippen molar-refractivity contribution in [1.82, 2.24) is 9.21 Å². The number of benzene rings is 2. The average Bonchev–Trinajstić information content (AvgIpc) is 2.67. The highest BCUT2D eigenvalue weighted by Crippen LogP contribution is 2.22. The molecule has 0 aliphatic carbocycles. The number of carbonyl (C=O) groups is 1. The molecular weight excluding hydrogens is 383 g/mol. The summed E-state index contributed by atoms with van der Waals surface area (Å²) in [4.78, 5) is 14.2. The fourth-order valence-corrected chi connectivity index (χ4v) is 4.80. The summed E-state index contributed by atoms with van der Waals surface area (Å²) in [6.07, 6.45) is 0. The van der Waals surface area contributed by atoms with Crippen LogP contribution in [0, 0.1) is 19.7 Å². The van der Waals surface area contributed by atoms with Crippen LogP contribution in [0.1, 0.15) is 11.1 Å². The largest absolute Gasteiger partial charge is 0.484 e. The molecule has 2 aromatic carbocycles. The minimum atomic E-state index is -3.59. The van der Waals surface area contributed by atoms with E-state index in [1.807, 2.05) is 13.0 Å². The van der Waals surface area contributed by atoms with Gasteiger partial charge in [0.05, 0.1) is 4.90 Å². The molecule has 1 amide bonds. The number of halogens is 1. The summed E-state index contributed by atoms with van der Waals surface area (Å²) in [5.74, 6) is -0.196. The Balaban J connectivity index is 1.57. The lowest BCUT2D eigenvalue weighted by molar-refractivity contribution is -0.134. The second-order valence-corrected chi connectivity index (χ2v) is 8.70. The minimum Gasteiger partial charge on any atom is -0.484 e. The Morgan fingerprint density at radius 2 is 1.68 bits per heavy atom. The van der Waals surface area contributed by atoms with Gasteiger partial charge in [-0.05, 0) is 49.7 Å². The van der Waals surface area contributed by atoms with E-state index in [1.165, 1.54) is 28.6 Å². The van der Waals surface area contributed by atoms with Crippen LogP contribution in [0.4, 0.5) is 4.39 Å². The van der Waals surface area contributed by atoms with E-state index in [2.05, 4.69) is 0 Å². The summed E-state index contributed by atoms with van der Waals surface area (Å²) >= 11 is 0. The molecular formula is C20H23FN2O4S. The lowest BCUT2D eigenvalue weighted by Gasteiger charge is -2.34. The van der Waals surface area contributed by atoms with E-state index < -0.39 is 10.0 Å². The highest BCUT2D eigenvalue weighted by Gasteiger charge is 2.31. The molecule has 8 heteroatoms. The van der Waals surface area contributed by atoms with Gasteiger partial charge in [0, 0.05) is 26.2 Å². The van der Waals surface area contributed by atoms with Gasteiger partial charge in [0.25, 0.3) is 5.91 Å². The van der Waals surface area contributed by atoms with Crippen LogP contribution in [0.15, 0.2) is 47.4 Å². The van der Waals surface area contributed by atoms with Gasteiger partial charge in [-0.25, -0.2) is 12.8 Å². The van der Waals surface area contributed by atoms with Crippen molar-refractivity contribution in [2.45, 2.75) is 18.7 Å². The van der Waals surface area contributed by atoms with Gasteiger partial charge < -0.3 is 9.64 Å². The van der Waals surface area contributed by atoms with E-state index in [4.69, 9.17) is 4.74 Å². The normalized spacial score (nSPS) is 15.5. The Hall–Kier alpha value is -2.45. The molecule has 1 saturated heterocycles. The number of hydrogen-bond donors (Lipinski definition) is 0. The van der Waals surface area contributed by atoms with Crippen molar-refractivity contribution in [3.63, 3.8) is 0 Å². The number of aryl methyl sites for hydroxylation is 2. The standard InChI is InChI=1S/C20H23FN2O4S/c1-15-3-8-19(16(2)13-15)28(25,26)23-11-9-22(10-12-23)20(24)14-27-18-6-4-17(21)5-7-18/h3-8,13H,9-12,14H2,1-2H3. The molecule has 28 heavy (non-hydrogen) atoms. The molecule has 1 aliphatic rings. The van der Waals surface area contributed by atoms with Crippen molar-refractivity contribution >= 4 is 15.9 Å². The van der Waals surface area contributed by atoms with Crippen LogP contribution in [0.3, 0.4) is 0 Å². The average molecular weight is 406 g/mol. The molecule has 1 heterocycles. The Labute approximate surface area is 164 Å². The maximum absolute atomic E-state index is 12.9. The summed E-state index contributed by atoms with van der Waals surface area (Å²) in [6.45, 7) is 4.60. The second kappa shape index (κ2) is 8.28. The van der Waals surface area contributed by atoms with Crippen LogP contribution in [0.5, 0.6) is 5.75 Å². The third-order valence-electron chi connectivity index (χ3n) is 4.72. The molecule has 0 unspecified atom stereocenters. The molecule has 6 nitrogen and oxygen atoms in total. The van der Waals surface area contributed by atoms with Crippen LogP contribution >= 0.6 is 0 Å². The topological polar surface area (TPSA) is 66.9 Å². The summed E-state index contributed by atoms with van der Waals surface area (Å²) < 4.78 is 45.5. The third-order valence-corrected chi connectivity index (χ3v) is 6.77. The van der Waals surface area contributed by atoms with Gasteiger partial charge in [-0.1, -0.05) is 17.7 Å². The Kier molecular flexibility index (Phi) is 6.00. The number of rotatable bonds is 5. The van der Waals surface area contributed by atoms with Crippen LogP contribution in [0.2, 0.25) is 0 Å². The number of piperazine rings is 1. The van der Waals surface area contributed by atoms with Gasteiger partial charge in [-0.2, -0.15) is 4.31 Å². The molecule has 0 bridgehead atoms. The fourth-order valence-electron chi connectivity index (χ4n) is 3.17. The van der Waals surface area contributed by atoms with Gasteiger partial charge in [0.1, 0.15) is 11.6 Å². The number of sulfonamides is 1. The number of ether oxygens (including phenoxy) is 1. The van der Waals surface area contributed by atoms with Crippen LogP contribution < -0.4 is 4.74 Å². The minimum absolute atomic E-state index is 0.171. The van der Waals surface area contributed by atoms with Crippen molar-refractivity contribution in [3.05, 3.63) is 59.4 Å². The van der Waals surface area contributed by atoms with E-state index in [1.54, 1.807) is 24.0 Å². The zero-order valence-corrected chi connectivity index (χ0v) is 16.7. The van der Waals surface area contributed by atoms with E-state index in [-0.39, 0.29) is 31.4 Å². The van der Waals surface area contributed by atoms with Crippen molar-refractivity contribution < 1.29 is 22.3 Å². The maximum Gasteiger partial charge on any atom is 0.260 e. The molecule has 0 spiro atoms. The lowest BCUT2D eigenvalue weighted by atomic mass is 10.2. The van der Waals surface area contributed by atoms with E-state index in [0.29, 0.717) is 29.3 Å². The van der Waals surface area contributed by atoms with Crippen LogP contribution in [-0.4, -0.2) is 56.3 Å². The molecule has 0 saturated carbocycles. The second-order valence-electron chi connectivity index (χ2n) is 6.80. The van der Waals surface area contributed by atoms with E-state index in [9.17, 15) is 17.6 Å². The first kappa shape index (κ1) is 20.3. The summed E-state index contributed by atoms with van der Waals surface area (Å²) in [6, 6.07) is 10.7. The van der Waals surface area contributed by atoms with Crippen molar-refractivity contribution in [2.24, 2.45) is 0 Å². The lowest BCUT2D eigenvalue weighted by Crippen LogP contribution is -2.51. The molecule has 150 valence electrons. The molecule has 1 aliphatic heterocycles. The zero-order valence-electron chi connectivity index (χ0n) is 15.9. The predicted octanol–water partition coefficient (Wildman–Crippen LogP) is 2.35. The van der Waals surface area contributed by atoms with Gasteiger partial charge in [0.2, 0.25) is 10.0 Å². The third kappa shape index (κ3) is 4.51. The first-order valence-corrected chi connectivity index (χ1v) is 10.4. The smallest absolute Gasteiger partial charge is 0.260 e. The van der Waals surface area contributed by atoms with Gasteiger partial charge in [-0.15, -0.1) is 0 Å². The van der Waals surface area contributed by atoms with Crippen molar-refractivity contribution in [2.75, 3.05) is 32.8 Å². The molecule has 0 radical (unpaired) electrons. The SMILES string of the molecule is Cc1ccc(S(=O)(=O)N2CCN(C(=O)COc3ccc(F)cc3)CC2)c(C)c1. The fraction of sp³-hybridized carbons (Fsp3) is 0.350. The summed E-state index contributed by atoms with van der Waals surface area (Å²) in [5.41, 5.74) is 1.72. The van der Waals surface area contributed by atoms with Gasteiger partial charge in [-0.3, -0.25) is 4.79 Å². The Morgan fingerprint density at radius 3 is 2.29 bits per heavy atom. The molecule has 2 aromatic rings. The zero-order chi connectivity index (χ0) is 20.3. The highest BCUT2D eigenvalue weighted by atomic mass is 32.2. The van der Waals surface area contributed by atoms with Crippen LogP contribution in [-0.2, 0) is 14.8 Å². The van der Waals surface area contributed by atoms with Crippen LogP contribution in [0.25, 0.3) is 0 Å². The van der Waals surface area contributed by atoms with Crippen molar-refractivity contribution in [1.29, 1.82) is 0 Å². The summed E-state index contributed by atoms with van der Waals surface area (Å²) in [5, 5.41) is 0. The quantitative estimate of drug-likeness (QED) is 0.765. The Morgan fingerprint density at radius 1 is 1.04 bits per heavy atom. The van der Waals surface area contributed by atoms with Crippen molar-refractivity contribution in [3.8, 4) is 5.75 Å². The van der Waals surface area contributed by atoms with Gasteiger partial charge in [0.15, 0.2) is 6.61 Å². The maximum atomic E-state index is 12.9. The first-order valence-electron chi connectivity index (χ1n) is 9.01. The molecule has 0 N–H and O–H groups in total. The van der Waals surface area contributed by atoms with Gasteiger partial charge >= 0.3 is 0 Å². The number of carbonyl (C=O) groups excluding carboxylic acids is 1. The predicted molar refractivity (Wildman–Crippen MR) is 103 cm³/mol. The van der Waals surface area contributed by atoms with E-state index in [0.717, 1.165) is 5.56 Å². The summed E-state index contributed by atoms with van der Waals surface area (Å²) in [7, 11) is -3.59. The first-order chi connectivity index (χ1) is 13.3. The number of nitrogens with zero attached hydrogens (tertiary/aromatic N) is 2. The highest BCUT2D eigenvalue weighted by molar-refractivity contribution is 7.89. The number of hydrogen-bond acceptors (Lipinski definition) is 4. The number of amides is 1. The molecule has 1 fully saturated rings. The molecule has 0 atom stereocenters. The molecule has 3 rings (SSSR count). The van der Waals surface area contributed by atoms with E-state index >= 15 is 0 Å². The monoisotopic (exact) mass is 406 g/mol. The Bertz CT molecular complexity index is 953. The molecule has 0 aromatic heterocycles.